The number of benzene rings is 1. The number of aromatic nitrogens is 1. The molecular formula is C24H38IN5O. The lowest BCUT2D eigenvalue weighted by Gasteiger charge is -2.30. The van der Waals surface area contributed by atoms with Gasteiger partial charge in [-0.25, -0.2) is 4.98 Å². The summed E-state index contributed by atoms with van der Waals surface area (Å²) >= 11 is 0. The van der Waals surface area contributed by atoms with Crippen LogP contribution in [-0.4, -0.2) is 36.0 Å². The van der Waals surface area contributed by atoms with Gasteiger partial charge in [-0.3, -0.25) is 9.89 Å². The first-order valence-electron chi connectivity index (χ1n) is 11.0. The number of likely N-dealkylation sites (tertiary alicyclic amines) is 1. The molecule has 6 nitrogen and oxygen atoms in total. The predicted octanol–water partition coefficient (Wildman–Crippen LogP) is 4.69. The monoisotopic (exact) mass is 539 g/mol. The summed E-state index contributed by atoms with van der Waals surface area (Å²) in [4.78, 5) is 11.2. The topological polar surface area (TPSA) is 65.7 Å². The number of aliphatic imine (C=N–C) groups is 1. The SMILES string of the molecule is CN=C(NCc1ccc(CN2CCCC(C)C2)cc1)NCc1ncc(C(C)(C)C)o1.I. The molecule has 1 aliphatic heterocycles. The molecule has 31 heavy (non-hydrogen) atoms. The van der Waals surface area contributed by atoms with Crippen LogP contribution in [0.15, 0.2) is 39.9 Å². The molecule has 0 aliphatic carbocycles. The van der Waals surface area contributed by atoms with E-state index >= 15 is 0 Å². The van der Waals surface area contributed by atoms with E-state index < -0.39 is 0 Å². The molecule has 0 bridgehead atoms. The Morgan fingerprint density at radius 1 is 1.16 bits per heavy atom. The van der Waals surface area contributed by atoms with Gasteiger partial charge < -0.3 is 15.1 Å². The molecule has 2 aromatic rings. The summed E-state index contributed by atoms with van der Waals surface area (Å²) in [7, 11) is 1.77. The Balaban J connectivity index is 0.00000341. The van der Waals surface area contributed by atoms with E-state index in [1.807, 2.05) is 0 Å². The van der Waals surface area contributed by atoms with Gasteiger partial charge in [0.2, 0.25) is 5.89 Å². The van der Waals surface area contributed by atoms with E-state index in [1.54, 1.807) is 13.2 Å². The van der Waals surface area contributed by atoms with Gasteiger partial charge in [-0.2, -0.15) is 0 Å². The molecular weight excluding hydrogens is 501 g/mol. The van der Waals surface area contributed by atoms with Crippen molar-refractivity contribution in [2.75, 3.05) is 20.1 Å². The van der Waals surface area contributed by atoms with Gasteiger partial charge in [0.25, 0.3) is 0 Å². The molecule has 1 aliphatic rings. The quantitative estimate of drug-likeness (QED) is 0.317. The molecule has 2 heterocycles. The zero-order chi connectivity index (χ0) is 21.6. The van der Waals surface area contributed by atoms with Crippen molar-refractivity contribution in [3.8, 4) is 0 Å². The molecule has 0 spiro atoms. The molecule has 1 fully saturated rings. The van der Waals surface area contributed by atoms with E-state index in [-0.39, 0.29) is 29.4 Å². The highest BCUT2D eigenvalue weighted by Crippen LogP contribution is 2.22. The van der Waals surface area contributed by atoms with Crippen LogP contribution in [0, 0.1) is 5.92 Å². The highest BCUT2D eigenvalue weighted by Gasteiger charge is 2.19. The van der Waals surface area contributed by atoms with Gasteiger partial charge in [0.15, 0.2) is 5.96 Å². The average Bonchev–Trinajstić information content (AvgIpc) is 3.19. The Labute approximate surface area is 204 Å². The van der Waals surface area contributed by atoms with Crippen molar-refractivity contribution in [1.29, 1.82) is 0 Å². The van der Waals surface area contributed by atoms with Crippen LogP contribution in [0.3, 0.4) is 0 Å². The third-order valence-electron chi connectivity index (χ3n) is 5.55. The third kappa shape index (κ3) is 8.11. The Hall–Kier alpha value is -1.61. The number of hydrogen-bond acceptors (Lipinski definition) is 4. The lowest BCUT2D eigenvalue weighted by molar-refractivity contribution is 0.176. The minimum absolute atomic E-state index is 0. The minimum atomic E-state index is -0.0381. The normalized spacial score (nSPS) is 17.8. The van der Waals surface area contributed by atoms with Crippen molar-refractivity contribution in [3.05, 3.63) is 53.2 Å². The molecule has 0 amide bonds. The second-order valence-corrected chi connectivity index (χ2v) is 9.45. The van der Waals surface area contributed by atoms with Crippen LogP contribution in [-0.2, 0) is 25.0 Å². The molecule has 1 aromatic carbocycles. The first-order valence-corrected chi connectivity index (χ1v) is 11.0. The van der Waals surface area contributed by atoms with E-state index in [0.717, 1.165) is 30.7 Å². The van der Waals surface area contributed by atoms with Gasteiger partial charge in [-0.15, -0.1) is 24.0 Å². The number of hydrogen-bond donors (Lipinski definition) is 2. The number of rotatable bonds is 6. The van der Waals surface area contributed by atoms with Crippen LogP contribution in [0.5, 0.6) is 0 Å². The summed E-state index contributed by atoms with van der Waals surface area (Å²) < 4.78 is 5.83. The van der Waals surface area contributed by atoms with Crippen LogP contribution < -0.4 is 10.6 Å². The number of nitrogens with zero attached hydrogens (tertiary/aromatic N) is 3. The fourth-order valence-corrected chi connectivity index (χ4v) is 3.76. The van der Waals surface area contributed by atoms with E-state index in [9.17, 15) is 0 Å². The maximum atomic E-state index is 5.83. The van der Waals surface area contributed by atoms with Crippen molar-refractivity contribution in [2.45, 2.75) is 65.6 Å². The third-order valence-corrected chi connectivity index (χ3v) is 5.55. The zero-order valence-corrected chi connectivity index (χ0v) is 21.9. The summed E-state index contributed by atoms with van der Waals surface area (Å²) in [5, 5.41) is 6.63. The summed E-state index contributed by atoms with van der Waals surface area (Å²) in [6, 6.07) is 8.89. The van der Waals surface area contributed by atoms with Crippen molar-refractivity contribution in [1.82, 2.24) is 20.5 Å². The lowest BCUT2D eigenvalue weighted by Crippen LogP contribution is -2.36. The molecule has 7 heteroatoms. The molecule has 0 saturated carbocycles. The maximum absolute atomic E-state index is 5.83. The summed E-state index contributed by atoms with van der Waals surface area (Å²) in [5.41, 5.74) is 2.58. The maximum Gasteiger partial charge on any atom is 0.213 e. The second-order valence-electron chi connectivity index (χ2n) is 9.45. The van der Waals surface area contributed by atoms with E-state index in [1.165, 1.54) is 37.1 Å². The van der Waals surface area contributed by atoms with Crippen molar-refractivity contribution in [3.63, 3.8) is 0 Å². The van der Waals surface area contributed by atoms with Gasteiger partial charge in [-0.05, 0) is 36.4 Å². The number of guanidine groups is 1. The largest absolute Gasteiger partial charge is 0.443 e. The molecule has 1 aromatic heterocycles. The van der Waals surface area contributed by atoms with Crippen molar-refractivity contribution < 1.29 is 4.42 Å². The second kappa shape index (κ2) is 11.9. The minimum Gasteiger partial charge on any atom is -0.443 e. The standard InChI is InChI=1S/C24H37N5O.HI/c1-18-7-6-12-29(16-18)17-20-10-8-19(9-11-20)13-27-23(25-5)28-15-22-26-14-21(30-22)24(2,3)4;/h8-11,14,18H,6-7,12-13,15-17H2,1-5H3,(H2,25,27,28);1H. The molecule has 1 unspecified atom stereocenters. The highest BCUT2D eigenvalue weighted by molar-refractivity contribution is 14.0. The Morgan fingerprint density at radius 3 is 2.45 bits per heavy atom. The van der Waals surface area contributed by atoms with Crippen LogP contribution >= 0.6 is 24.0 Å². The highest BCUT2D eigenvalue weighted by atomic mass is 127. The van der Waals surface area contributed by atoms with Crippen LogP contribution in [0.1, 0.15) is 63.3 Å². The van der Waals surface area contributed by atoms with E-state index in [4.69, 9.17) is 4.42 Å². The van der Waals surface area contributed by atoms with Gasteiger partial charge in [0.05, 0.1) is 12.7 Å². The van der Waals surface area contributed by atoms with E-state index in [2.05, 4.69) is 77.5 Å². The number of piperidine rings is 1. The summed E-state index contributed by atoms with van der Waals surface area (Å²) in [6.07, 6.45) is 4.49. The Bertz CT molecular complexity index is 825. The summed E-state index contributed by atoms with van der Waals surface area (Å²) in [5.74, 6) is 3.11. The average molecular weight is 540 g/mol. The van der Waals surface area contributed by atoms with Crippen LogP contribution in [0.2, 0.25) is 0 Å². The first kappa shape index (κ1) is 25.6. The summed E-state index contributed by atoms with van der Waals surface area (Å²) in [6.45, 7) is 13.4. The fraction of sp³-hybridized carbons (Fsp3) is 0.583. The number of nitrogens with one attached hydrogen (secondary N) is 2. The lowest BCUT2D eigenvalue weighted by atomic mass is 9.94. The van der Waals surface area contributed by atoms with Crippen molar-refractivity contribution >= 4 is 29.9 Å². The molecule has 1 saturated heterocycles. The van der Waals surface area contributed by atoms with Gasteiger partial charge in [0.1, 0.15) is 5.76 Å². The molecule has 1 atom stereocenters. The van der Waals surface area contributed by atoms with E-state index in [0.29, 0.717) is 12.4 Å². The smallest absolute Gasteiger partial charge is 0.213 e. The van der Waals surface area contributed by atoms with Gasteiger partial charge in [0, 0.05) is 32.1 Å². The predicted molar refractivity (Wildman–Crippen MR) is 138 cm³/mol. The molecule has 2 N–H and O–H groups in total. The Morgan fingerprint density at radius 2 is 1.84 bits per heavy atom. The van der Waals surface area contributed by atoms with Crippen LogP contribution in [0.25, 0.3) is 0 Å². The number of halogens is 1. The molecule has 3 rings (SSSR count). The fourth-order valence-electron chi connectivity index (χ4n) is 3.76. The molecule has 172 valence electrons. The zero-order valence-electron chi connectivity index (χ0n) is 19.6. The van der Waals surface area contributed by atoms with Crippen molar-refractivity contribution in [2.24, 2.45) is 10.9 Å². The van der Waals surface area contributed by atoms with Crippen LogP contribution in [0.4, 0.5) is 0 Å². The number of oxazole rings is 1. The first-order chi connectivity index (χ1) is 14.3. The molecule has 0 radical (unpaired) electrons. The van der Waals surface area contributed by atoms with Gasteiger partial charge >= 0.3 is 0 Å². The Kier molecular flexibility index (Phi) is 9.81. The van der Waals surface area contributed by atoms with Gasteiger partial charge in [-0.1, -0.05) is 52.0 Å².